The summed E-state index contributed by atoms with van der Waals surface area (Å²) < 4.78 is 1.71. The van der Waals surface area contributed by atoms with Gasteiger partial charge in [0.25, 0.3) is 0 Å². The Balaban J connectivity index is 1.92. The molecule has 0 aromatic carbocycles. The van der Waals surface area contributed by atoms with E-state index in [-0.39, 0.29) is 12.5 Å². The van der Waals surface area contributed by atoms with Crippen molar-refractivity contribution in [3.8, 4) is 0 Å². The number of amides is 1. The maximum absolute atomic E-state index is 12.0. The quantitative estimate of drug-likeness (QED) is 0.900. The van der Waals surface area contributed by atoms with E-state index in [1.165, 1.54) is 0 Å². The molecule has 0 aliphatic rings. The summed E-state index contributed by atoms with van der Waals surface area (Å²) in [4.78, 5) is 18.1. The summed E-state index contributed by atoms with van der Waals surface area (Å²) in [7, 11) is 3.88. The highest BCUT2D eigenvalue weighted by atomic mass is 16.2. The number of rotatable bonds is 5. The highest BCUT2D eigenvalue weighted by molar-refractivity contribution is 5.75. The lowest BCUT2D eigenvalue weighted by Crippen LogP contribution is -2.28. The van der Waals surface area contributed by atoms with Gasteiger partial charge in [-0.15, -0.1) is 0 Å². The van der Waals surface area contributed by atoms with Gasteiger partial charge in [0.15, 0.2) is 0 Å². The van der Waals surface area contributed by atoms with E-state index in [1.807, 2.05) is 51.0 Å². The molecule has 0 spiro atoms. The minimum Gasteiger partial charge on any atom is -0.363 e. The minimum absolute atomic E-state index is 0.0515. The van der Waals surface area contributed by atoms with Gasteiger partial charge < -0.3 is 10.2 Å². The van der Waals surface area contributed by atoms with E-state index in [0.29, 0.717) is 6.54 Å². The van der Waals surface area contributed by atoms with Gasteiger partial charge in [0.1, 0.15) is 12.4 Å². The van der Waals surface area contributed by atoms with Crippen molar-refractivity contribution in [3.63, 3.8) is 0 Å². The molecule has 0 saturated carbocycles. The predicted molar refractivity (Wildman–Crippen MR) is 82.1 cm³/mol. The second-order valence-electron chi connectivity index (χ2n) is 5.28. The SMILES string of the molecule is Cc1cc(C)n(CC(=O)NCc2ccnc(N(C)C)c2)n1. The zero-order chi connectivity index (χ0) is 15.4. The molecule has 6 nitrogen and oxygen atoms in total. The van der Waals surface area contributed by atoms with E-state index in [0.717, 1.165) is 22.8 Å². The maximum atomic E-state index is 12.0. The molecule has 1 N–H and O–H groups in total. The highest BCUT2D eigenvalue weighted by Gasteiger charge is 2.07. The molecular formula is C15H21N5O. The highest BCUT2D eigenvalue weighted by Crippen LogP contribution is 2.09. The molecule has 6 heteroatoms. The molecule has 0 aliphatic heterocycles. The maximum Gasteiger partial charge on any atom is 0.242 e. The van der Waals surface area contributed by atoms with Crippen LogP contribution in [0.2, 0.25) is 0 Å². The molecule has 0 aliphatic carbocycles. The van der Waals surface area contributed by atoms with Gasteiger partial charge in [0.05, 0.1) is 5.69 Å². The first-order valence-corrected chi connectivity index (χ1v) is 6.85. The molecule has 2 heterocycles. The summed E-state index contributed by atoms with van der Waals surface area (Å²) in [5, 5.41) is 7.19. The van der Waals surface area contributed by atoms with Crippen molar-refractivity contribution in [3.05, 3.63) is 41.3 Å². The Labute approximate surface area is 124 Å². The Morgan fingerprint density at radius 1 is 1.33 bits per heavy atom. The van der Waals surface area contributed by atoms with Crippen LogP contribution in [0.25, 0.3) is 0 Å². The average molecular weight is 287 g/mol. The van der Waals surface area contributed by atoms with Crippen LogP contribution >= 0.6 is 0 Å². The van der Waals surface area contributed by atoms with Crippen molar-refractivity contribution < 1.29 is 4.79 Å². The zero-order valence-corrected chi connectivity index (χ0v) is 12.9. The van der Waals surface area contributed by atoms with Crippen LogP contribution in [-0.2, 0) is 17.9 Å². The first kappa shape index (κ1) is 15.0. The minimum atomic E-state index is -0.0515. The molecule has 2 rings (SSSR count). The van der Waals surface area contributed by atoms with E-state index in [1.54, 1.807) is 10.9 Å². The monoisotopic (exact) mass is 287 g/mol. The normalized spacial score (nSPS) is 10.5. The topological polar surface area (TPSA) is 63.1 Å². The van der Waals surface area contributed by atoms with Gasteiger partial charge in [-0.05, 0) is 37.6 Å². The summed E-state index contributed by atoms with van der Waals surface area (Å²) in [6.07, 6.45) is 1.75. The third-order valence-corrected chi connectivity index (χ3v) is 3.15. The summed E-state index contributed by atoms with van der Waals surface area (Å²) in [5.41, 5.74) is 2.93. The van der Waals surface area contributed by atoms with Crippen LogP contribution < -0.4 is 10.2 Å². The van der Waals surface area contributed by atoms with Crippen molar-refractivity contribution in [1.82, 2.24) is 20.1 Å². The first-order valence-electron chi connectivity index (χ1n) is 6.85. The van der Waals surface area contributed by atoms with Crippen LogP contribution in [0, 0.1) is 13.8 Å². The van der Waals surface area contributed by atoms with Crippen molar-refractivity contribution in [1.29, 1.82) is 0 Å². The number of carbonyl (C=O) groups is 1. The molecule has 0 bridgehead atoms. The fourth-order valence-corrected chi connectivity index (χ4v) is 2.04. The molecule has 0 radical (unpaired) electrons. The molecule has 2 aromatic rings. The Bertz CT molecular complexity index is 633. The number of carbonyl (C=O) groups excluding carboxylic acids is 1. The molecule has 2 aromatic heterocycles. The van der Waals surface area contributed by atoms with E-state index >= 15 is 0 Å². The lowest BCUT2D eigenvalue weighted by molar-refractivity contribution is -0.122. The Morgan fingerprint density at radius 3 is 2.71 bits per heavy atom. The lowest BCUT2D eigenvalue weighted by atomic mass is 10.2. The molecular weight excluding hydrogens is 266 g/mol. The molecule has 0 fully saturated rings. The zero-order valence-electron chi connectivity index (χ0n) is 12.9. The van der Waals surface area contributed by atoms with E-state index in [4.69, 9.17) is 0 Å². The second-order valence-corrected chi connectivity index (χ2v) is 5.28. The molecule has 112 valence electrons. The smallest absolute Gasteiger partial charge is 0.242 e. The average Bonchev–Trinajstić information content (AvgIpc) is 2.75. The molecule has 0 atom stereocenters. The molecule has 0 unspecified atom stereocenters. The van der Waals surface area contributed by atoms with Gasteiger partial charge >= 0.3 is 0 Å². The first-order chi connectivity index (χ1) is 9.95. The Hall–Kier alpha value is -2.37. The summed E-state index contributed by atoms with van der Waals surface area (Å²) in [6.45, 7) is 4.59. The van der Waals surface area contributed by atoms with Crippen LogP contribution in [-0.4, -0.2) is 34.8 Å². The van der Waals surface area contributed by atoms with E-state index < -0.39 is 0 Å². The van der Waals surface area contributed by atoms with Gasteiger partial charge in [-0.25, -0.2) is 4.98 Å². The van der Waals surface area contributed by atoms with Gasteiger partial charge in [0.2, 0.25) is 5.91 Å². The van der Waals surface area contributed by atoms with Crippen molar-refractivity contribution >= 4 is 11.7 Å². The van der Waals surface area contributed by atoms with Gasteiger partial charge in [-0.3, -0.25) is 9.48 Å². The number of aromatic nitrogens is 3. The second kappa shape index (κ2) is 6.39. The molecule has 21 heavy (non-hydrogen) atoms. The lowest BCUT2D eigenvalue weighted by Gasteiger charge is -2.12. The third kappa shape index (κ3) is 4.05. The fourth-order valence-electron chi connectivity index (χ4n) is 2.04. The number of pyridine rings is 1. The van der Waals surface area contributed by atoms with E-state index in [9.17, 15) is 4.79 Å². The van der Waals surface area contributed by atoms with E-state index in [2.05, 4.69) is 15.4 Å². The Kier molecular flexibility index (Phi) is 4.57. The van der Waals surface area contributed by atoms with Crippen molar-refractivity contribution in [2.75, 3.05) is 19.0 Å². The number of nitrogens with zero attached hydrogens (tertiary/aromatic N) is 4. The van der Waals surface area contributed by atoms with Crippen molar-refractivity contribution in [2.24, 2.45) is 0 Å². The van der Waals surface area contributed by atoms with Crippen LogP contribution in [0.3, 0.4) is 0 Å². The van der Waals surface area contributed by atoms with Crippen LogP contribution in [0.1, 0.15) is 17.0 Å². The Morgan fingerprint density at radius 2 is 2.10 bits per heavy atom. The standard InChI is InChI=1S/C15H21N5O/c1-11-7-12(2)20(18-11)10-15(21)17-9-13-5-6-16-14(8-13)19(3)4/h5-8H,9-10H2,1-4H3,(H,17,21). The number of hydrogen-bond donors (Lipinski definition) is 1. The molecule has 1 amide bonds. The summed E-state index contributed by atoms with van der Waals surface area (Å²) in [6, 6.07) is 5.82. The van der Waals surface area contributed by atoms with Gasteiger partial charge in [0, 0.05) is 32.5 Å². The number of hydrogen-bond acceptors (Lipinski definition) is 4. The summed E-state index contributed by atoms with van der Waals surface area (Å²) >= 11 is 0. The van der Waals surface area contributed by atoms with Gasteiger partial charge in [-0.2, -0.15) is 5.10 Å². The third-order valence-electron chi connectivity index (χ3n) is 3.15. The van der Waals surface area contributed by atoms with Crippen LogP contribution in [0.4, 0.5) is 5.82 Å². The van der Waals surface area contributed by atoms with Gasteiger partial charge in [-0.1, -0.05) is 0 Å². The van der Waals surface area contributed by atoms with Crippen LogP contribution in [0.15, 0.2) is 24.4 Å². The van der Waals surface area contributed by atoms with Crippen molar-refractivity contribution in [2.45, 2.75) is 26.9 Å². The molecule has 0 saturated heterocycles. The number of nitrogens with one attached hydrogen (secondary N) is 1. The fraction of sp³-hybridized carbons (Fsp3) is 0.400. The summed E-state index contributed by atoms with van der Waals surface area (Å²) in [5.74, 6) is 0.824. The number of aryl methyl sites for hydroxylation is 2. The van der Waals surface area contributed by atoms with Crippen LogP contribution in [0.5, 0.6) is 0 Å². The predicted octanol–water partition coefficient (Wildman–Crippen LogP) is 1.28. The number of anilines is 1. The largest absolute Gasteiger partial charge is 0.363 e.